The Kier molecular flexibility index (Phi) is 7.16. The van der Waals surface area contributed by atoms with Crippen LogP contribution >= 0.6 is 0 Å². The van der Waals surface area contributed by atoms with Gasteiger partial charge in [-0.25, -0.2) is 8.42 Å². The van der Waals surface area contributed by atoms with Crippen molar-refractivity contribution in [1.82, 2.24) is 9.80 Å². The molecule has 0 aromatic heterocycles. The molecule has 2 N–H and O–H groups in total. The van der Waals surface area contributed by atoms with Crippen molar-refractivity contribution in [3.63, 3.8) is 0 Å². The molecule has 0 saturated carbocycles. The number of likely N-dealkylation sites (N-methyl/N-ethyl adjacent to an activating group) is 1. The average molecular weight is 384 g/mol. The maximum Gasteiger partial charge on any atom is 0.238 e. The van der Waals surface area contributed by atoms with Crippen LogP contribution in [0.2, 0.25) is 0 Å². The summed E-state index contributed by atoms with van der Waals surface area (Å²) in [7, 11) is 0.557. The molecule has 26 heavy (non-hydrogen) atoms. The lowest BCUT2D eigenvalue weighted by Gasteiger charge is -2.30. The molecule has 2 rings (SSSR count). The summed E-state index contributed by atoms with van der Waals surface area (Å²) < 4.78 is 23.7. The lowest BCUT2D eigenvalue weighted by atomic mass is 10.1. The second-order valence-electron chi connectivity index (χ2n) is 7.09. The Hall–Kier alpha value is -1.48. The zero-order valence-electron chi connectivity index (χ0n) is 15.7. The van der Waals surface area contributed by atoms with Crippen LogP contribution in [0.4, 0.5) is 5.69 Å². The number of amides is 1. The van der Waals surface area contributed by atoms with Crippen LogP contribution in [-0.4, -0.2) is 86.6 Å². The van der Waals surface area contributed by atoms with Gasteiger partial charge in [0.25, 0.3) is 0 Å². The molecule has 1 aromatic carbocycles. The standard InChI is InChI=1S/C18H29N3O4S/c1-4-14-6-5-7-15(10-14)19-18(23)11-21(9-8-20(2)3)16-12-26(24,25)13-17(16)22/h5-7,10,16-17,22H,4,8-9,11-13H2,1-3H3,(H,19,23). The summed E-state index contributed by atoms with van der Waals surface area (Å²) in [5, 5.41) is 13.0. The van der Waals surface area contributed by atoms with E-state index in [1.54, 1.807) is 4.90 Å². The van der Waals surface area contributed by atoms with Crippen LogP contribution in [-0.2, 0) is 21.1 Å². The monoisotopic (exact) mass is 383 g/mol. The van der Waals surface area contributed by atoms with Gasteiger partial charge in [0.05, 0.1) is 30.2 Å². The third-order valence-electron chi connectivity index (χ3n) is 4.56. The summed E-state index contributed by atoms with van der Waals surface area (Å²) in [6.07, 6.45) is -0.0801. The molecular formula is C18H29N3O4S. The summed E-state index contributed by atoms with van der Waals surface area (Å²) in [4.78, 5) is 16.2. The number of aliphatic hydroxyl groups excluding tert-OH is 1. The Balaban J connectivity index is 2.06. The largest absolute Gasteiger partial charge is 0.390 e. The number of hydrogen-bond donors (Lipinski definition) is 2. The van der Waals surface area contributed by atoms with Crippen LogP contribution in [0.5, 0.6) is 0 Å². The number of nitrogens with one attached hydrogen (secondary N) is 1. The number of carbonyl (C=O) groups is 1. The Morgan fingerprint density at radius 3 is 2.58 bits per heavy atom. The topological polar surface area (TPSA) is 90.0 Å². The number of carbonyl (C=O) groups excluding carboxylic acids is 1. The first-order valence-corrected chi connectivity index (χ1v) is 10.7. The molecule has 1 heterocycles. The highest BCUT2D eigenvalue weighted by Crippen LogP contribution is 2.19. The summed E-state index contributed by atoms with van der Waals surface area (Å²) in [5.74, 6) is -0.565. The van der Waals surface area contributed by atoms with E-state index < -0.39 is 22.0 Å². The predicted molar refractivity (Wildman–Crippen MR) is 103 cm³/mol. The first kappa shape index (κ1) is 20.8. The summed E-state index contributed by atoms with van der Waals surface area (Å²) in [6.45, 7) is 3.27. The first-order valence-electron chi connectivity index (χ1n) is 8.86. The molecule has 1 fully saturated rings. The van der Waals surface area contributed by atoms with Gasteiger partial charge in [0, 0.05) is 18.8 Å². The molecular weight excluding hydrogens is 354 g/mol. The summed E-state index contributed by atoms with van der Waals surface area (Å²) in [6, 6.07) is 7.10. The molecule has 8 heteroatoms. The van der Waals surface area contributed by atoms with Gasteiger partial charge in [0.15, 0.2) is 9.84 Å². The van der Waals surface area contributed by atoms with Crippen LogP contribution in [0.25, 0.3) is 0 Å². The van der Waals surface area contributed by atoms with Crippen molar-refractivity contribution in [2.24, 2.45) is 0 Å². The Morgan fingerprint density at radius 2 is 2.00 bits per heavy atom. The third-order valence-corrected chi connectivity index (χ3v) is 6.26. The lowest BCUT2D eigenvalue weighted by molar-refractivity contribution is -0.118. The van der Waals surface area contributed by atoms with E-state index in [0.29, 0.717) is 13.1 Å². The quantitative estimate of drug-likeness (QED) is 0.667. The fraction of sp³-hybridized carbons (Fsp3) is 0.611. The van der Waals surface area contributed by atoms with Crippen LogP contribution in [0.15, 0.2) is 24.3 Å². The van der Waals surface area contributed by atoms with Gasteiger partial charge in [-0.1, -0.05) is 19.1 Å². The number of rotatable bonds is 8. The van der Waals surface area contributed by atoms with E-state index in [-0.39, 0.29) is 24.0 Å². The van der Waals surface area contributed by atoms with Gasteiger partial charge in [0.1, 0.15) is 0 Å². The van der Waals surface area contributed by atoms with Crippen LogP contribution in [0, 0.1) is 0 Å². The fourth-order valence-electron chi connectivity index (χ4n) is 3.10. The summed E-state index contributed by atoms with van der Waals surface area (Å²) in [5.41, 5.74) is 1.85. The van der Waals surface area contributed by atoms with Gasteiger partial charge < -0.3 is 15.3 Å². The zero-order valence-corrected chi connectivity index (χ0v) is 16.5. The molecule has 0 spiro atoms. The number of benzene rings is 1. The number of anilines is 1. The van der Waals surface area contributed by atoms with Gasteiger partial charge >= 0.3 is 0 Å². The van der Waals surface area contributed by atoms with Crippen molar-refractivity contribution in [3.8, 4) is 0 Å². The van der Waals surface area contributed by atoms with Gasteiger partial charge in [0.2, 0.25) is 5.91 Å². The lowest BCUT2D eigenvalue weighted by Crippen LogP contribution is -2.49. The maximum absolute atomic E-state index is 12.5. The van der Waals surface area contributed by atoms with Crippen molar-refractivity contribution in [2.75, 3.05) is 50.6 Å². The van der Waals surface area contributed by atoms with Crippen LogP contribution in [0.1, 0.15) is 12.5 Å². The fourth-order valence-corrected chi connectivity index (χ4v) is 4.94. The molecule has 0 bridgehead atoms. The predicted octanol–water partition coefficient (Wildman–Crippen LogP) is 0.209. The second-order valence-corrected chi connectivity index (χ2v) is 9.24. The molecule has 1 aliphatic rings. The molecule has 1 amide bonds. The normalized spacial score (nSPS) is 22.1. The van der Waals surface area contributed by atoms with E-state index in [0.717, 1.165) is 17.7 Å². The van der Waals surface area contributed by atoms with Gasteiger partial charge in [-0.05, 0) is 38.2 Å². The molecule has 2 unspecified atom stereocenters. The first-order chi connectivity index (χ1) is 12.2. The van der Waals surface area contributed by atoms with E-state index >= 15 is 0 Å². The molecule has 7 nitrogen and oxygen atoms in total. The van der Waals surface area contributed by atoms with E-state index in [4.69, 9.17) is 0 Å². The third kappa shape index (κ3) is 6.05. The van der Waals surface area contributed by atoms with Crippen LogP contribution in [0.3, 0.4) is 0 Å². The highest BCUT2D eigenvalue weighted by Gasteiger charge is 2.40. The second kappa shape index (κ2) is 8.94. The van der Waals surface area contributed by atoms with Gasteiger partial charge in [-0.2, -0.15) is 0 Å². The van der Waals surface area contributed by atoms with E-state index in [9.17, 15) is 18.3 Å². The van der Waals surface area contributed by atoms with Crippen LogP contribution < -0.4 is 5.32 Å². The van der Waals surface area contributed by atoms with Crippen molar-refractivity contribution in [2.45, 2.75) is 25.5 Å². The highest BCUT2D eigenvalue weighted by molar-refractivity contribution is 7.91. The Morgan fingerprint density at radius 1 is 1.27 bits per heavy atom. The Labute approximate surface area is 155 Å². The van der Waals surface area contributed by atoms with Crippen molar-refractivity contribution >= 4 is 21.4 Å². The van der Waals surface area contributed by atoms with E-state index in [1.165, 1.54) is 0 Å². The maximum atomic E-state index is 12.5. The number of aryl methyl sites for hydroxylation is 1. The molecule has 0 radical (unpaired) electrons. The van der Waals surface area contributed by atoms with E-state index in [1.807, 2.05) is 50.2 Å². The SMILES string of the molecule is CCc1cccc(NC(=O)CN(CCN(C)C)C2CS(=O)(=O)CC2O)c1. The average Bonchev–Trinajstić information content (AvgIpc) is 2.84. The molecule has 0 aliphatic carbocycles. The molecule has 1 aromatic rings. The van der Waals surface area contributed by atoms with Crippen molar-refractivity contribution in [1.29, 1.82) is 0 Å². The molecule has 1 saturated heterocycles. The zero-order chi connectivity index (χ0) is 19.3. The molecule has 146 valence electrons. The number of nitrogens with zero attached hydrogens (tertiary/aromatic N) is 2. The number of aliphatic hydroxyl groups is 1. The van der Waals surface area contributed by atoms with Gasteiger partial charge in [-0.15, -0.1) is 0 Å². The summed E-state index contributed by atoms with van der Waals surface area (Å²) >= 11 is 0. The van der Waals surface area contributed by atoms with Crippen molar-refractivity contribution in [3.05, 3.63) is 29.8 Å². The van der Waals surface area contributed by atoms with Gasteiger partial charge in [-0.3, -0.25) is 9.69 Å². The van der Waals surface area contributed by atoms with E-state index in [2.05, 4.69) is 5.32 Å². The minimum Gasteiger partial charge on any atom is -0.390 e. The minimum atomic E-state index is -3.27. The van der Waals surface area contributed by atoms with Crippen molar-refractivity contribution < 1.29 is 18.3 Å². The molecule has 2 atom stereocenters. The molecule has 1 aliphatic heterocycles. The minimum absolute atomic E-state index is 0.0431. The smallest absolute Gasteiger partial charge is 0.238 e. The Bertz CT molecular complexity index is 721. The number of sulfone groups is 1. The highest BCUT2D eigenvalue weighted by atomic mass is 32.2. The number of hydrogen-bond acceptors (Lipinski definition) is 6.